The van der Waals surface area contributed by atoms with E-state index < -0.39 is 5.82 Å². The van der Waals surface area contributed by atoms with Gasteiger partial charge in [0.25, 0.3) is 0 Å². The van der Waals surface area contributed by atoms with Crippen LogP contribution in [-0.2, 0) is 4.79 Å². The summed E-state index contributed by atoms with van der Waals surface area (Å²) in [6.45, 7) is 1.75. The molecule has 0 spiro atoms. The van der Waals surface area contributed by atoms with Crippen molar-refractivity contribution in [3.05, 3.63) is 29.5 Å². The van der Waals surface area contributed by atoms with Gasteiger partial charge in [-0.1, -0.05) is 23.1 Å². The number of anilines is 2. The zero-order valence-corrected chi connectivity index (χ0v) is 11.6. The minimum Gasteiger partial charge on any atom is -0.397 e. The number of nitrogens with zero attached hydrogens (tertiary/aromatic N) is 2. The number of nitrogen functional groups attached to an aromatic ring is 1. The number of halogens is 1. The molecule has 0 saturated carbocycles. The summed E-state index contributed by atoms with van der Waals surface area (Å²) in [4.78, 5) is 12.0. The first-order valence-electron chi connectivity index (χ1n) is 5.35. The molecular weight excluding hydrogens is 287 g/mol. The minimum atomic E-state index is -0.438. The van der Waals surface area contributed by atoms with E-state index in [2.05, 4.69) is 15.5 Å². The van der Waals surface area contributed by atoms with Gasteiger partial charge in [-0.2, -0.15) is 0 Å². The molecule has 0 saturated heterocycles. The van der Waals surface area contributed by atoms with Crippen LogP contribution in [0.2, 0.25) is 0 Å². The smallest absolute Gasteiger partial charge is 0.237 e. The molecule has 1 atom stereocenters. The van der Waals surface area contributed by atoms with Crippen LogP contribution in [0.5, 0.6) is 0 Å². The lowest BCUT2D eigenvalue weighted by Crippen LogP contribution is -2.22. The van der Waals surface area contributed by atoms with Crippen molar-refractivity contribution >= 4 is 40.4 Å². The first-order valence-corrected chi connectivity index (χ1v) is 7.11. The summed E-state index contributed by atoms with van der Waals surface area (Å²) >= 11 is 2.67. The quantitative estimate of drug-likeness (QED) is 0.669. The molecule has 1 aromatic heterocycles. The summed E-state index contributed by atoms with van der Waals surface area (Å²) in [6.07, 6.45) is 0. The van der Waals surface area contributed by atoms with E-state index in [4.69, 9.17) is 5.73 Å². The van der Waals surface area contributed by atoms with Crippen molar-refractivity contribution in [2.75, 3.05) is 11.1 Å². The Labute approximate surface area is 117 Å². The minimum absolute atomic E-state index is 0.196. The van der Waals surface area contributed by atoms with E-state index in [-0.39, 0.29) is 16.8 Å². The maximum Gasteiger partial charge on any atom is 0.237 e. The summed E-state index contributed by atoms with van der Waals surface area (Å²) in [5, 5.41) is 9.85. The van der Waals surface area contributed by atoms with Crippen LogP contribution < -0.4 is 11.1 Å². The van der Waals surface area contributed by atoms with E-state index >= 15 is 0 Å². The monoisotopic (exact) mass is 298 g/mol. The Bertz CT molecular complexity index is 576. The van der Waals surface area contributed by atoms with Gasteiger partial charge in [-0.15, -0.1) is 10.2 Å². The van der Waals surface area contributed by atoms with E-state index in [9.17, 15) is 9.18 Å². The summed E-state index contributed by atoms with van der Waals surface area (Å²) in [5.41, 5.74) is 7.82. The molecule has 0 aliphatic heterocycles. The third kappa shape index (κ3) is 3.65. The average molecular weight is 298 g/mol. The molecule has 1 aromatic carbocycles. The predicted octanol–water partition coefficient (Wildman–Crippen LogP) is 2.38. The van der Waals surface area contributed by atoms with Gasteiger partial charge in [-0.05, 0) is 25.1 Å². The number of nitrogens with one attached hydrogen (secondary N) is 1. The third-order valence-electron chi connectivity index (χ3n) is 2.26. The molecule has 3 N–H and O–H groups in total. The highest BCUT2D eigenvalue weighted by Gasteiger charge is 2.17. The van der Waals surface area contributed by atoms with Crippen molar-refractivity contribution in [3.63, 3.8) is 0 Å². The number of hydrogen-bond donors (Lipinski definition) is 2. The Kier molecular flexibility index (Phi) is 4.33. The van der Waals surface area contributed by atoms with E-state index in [1.165, 1.54) is 35.2 Å². The van der Waals surface area contributed by atoms with Crippen molar-refractivity contribution in [2.24, 2.45) is 0 Å². The van der Waals surface area contributed by atoms with Crippen molar-refractivity contribution in [2.45, 2.75) is 16.5 Å². The van der Waals surface area contributed by atoms with Crippen LogP contribution in [0.4, 0.5) is 15.8 Å². The Balaban J connectivity index is 2.00. The van der Waals surface area contributed by atoms with Crippen molar-refractivity contribution in [3.8, 4) is 0 Å². The zero-order valence-electron chi connectivity index (χ0n) is 9.96. The van der Waals surface area contributed by atoms with Gasteiger partial charge < -0.3 is 11.1 Å². The van der Waals surface area contributed by atoms with Crippen molar-refractivity contribution in [1.29, 1.82) is 0 Å². The lowest BCUT2D eigenvalue weighted by Gasteiger charge is -2.11. The number of thioether (sulfide) groups is 1. The Hall–Kier alpha value is -1.67. The van der Waals surface area contributed by atoms with Gasteiger partial charge in [0.05, 0.1) is 16.6 Å². The number of nitrogens with two attached hydrogens (primary N) is 1. The molecular formula is C11H11FN4OS2. The molecule has 2 aromatic rings. The van der Waals surface area contributed by atoms with Crippen molar-refractivity contribution < 1.29 is 9.18 Å². The molecule has 1 amide bonds. The molecule has 0 radical (unpaired) electrons. The standard InChI is InChI=1S/C11H11FN4OS2/c1-6(19-11-16-14-5-18-11)10(17)15-9-3-2-7(12)4-8(9)13/h2-6H,13H2,1H3,(H,15,17). The van der Waals surface area contributed by atoms with Gasteiger partial charge in [0.15, 0.2) is 4.34 Å². The van der Waals surface area contributed by atoms with Gasteiger partial charge in [0.1, 0.15) is 11.3 Å². The fourth-order valence-corrected chi connectivity index (χ4v) is 2.93. The van der Waals surface area contributed by atoms with E-state index in [1.54, 1.807) is 12.4 Å². The van der Waals surface area contributed by atoms with Gasteiger partial charge in [0.2, 0.25) is 5.91 Å². The molecule has 5 nitrogen and oxygen atoms in total. The van der Waals surface area contributed by atoms with E-state index in [0.717, 1.165) is 10.4 Å². The molecule has 1 heterocycles. The fraction of sp³-hybridized carbons (Fsp3) is 0.182. The van der Waals surface area contributed by atoms with Gasteiger partial charge in [0, 0.05) is 0 Å². The number of amides is 1. The van der Waals surface area contributed by atoms with Crippen molar-refractivity contribution in [1.82, 2.24) is 10.2 Å². The fourth-order valence-electron chi connectivity index (χ4n) is 1.30. The van der Waals surface area contributed by atoms with Crippen LogP contribution in [0, 0.1) is 5.82 Å². The summed E-state index contributed by atoms with van der Waals surface area (Å²) < 4.78 is 13.6. The summed E-state index contributed by atoms with van der Waals surface area (Å²) in [5.74, 6) is -0.662. The van der Waals surface area contributed by atoms with Gasteiger partial charge in [-0.25, -0.2) is 4.39 Å². The normalized spacial score (nSPS) is 12.1. The highest BCUT2D eigenvalue weighted by Crippen LogP contribution is 2.26. The van der Waals surface area contributed by atoms with Crippen LogP contribution in [0.25, 0.3) is 0 Å². The van der Waals surface area contributed by atoms with Crippen LogP contribution in [0.3, 0.4) is 0 Å². The number of hydrogen-bond acceptors (Lipinski definition) is 6. The molecule has 8 heteroatoms. The highest BCUT2D eigenvalue weighted by atomic mass is 32.2. The molecule has 19 heavy (non-hydrogen) atoms. The highest BCUT2D eigenvalue weighted by molar-refractivity contribution is 8.02. The van der Waals surface area contributed by atoms with Crippen LogP contribution in [-0.4, -0.2) is 21.4 Å². The number of carbonyl (C=O) groups excluding carboxylic acids is 1. The number of aromatic nitrogens is 2. The van der Waals surface area contributed by atoms with Crippen LogP contribution >= 0.6 is 23.1 Å². The largest absolute Gasteiger partial charge is 0.397 e. The van der Waals surface area contributed by atoms with E-state index in [1.807, 2.05) is 0 Å². The first kappa shape index (κ1) is 13.8. The average Bonchev–Trinajstić information content (AvgIpc) is 2.85. The topological polar surface area (TPSA) is 80.9 Å². The lowest BCUT2D eigenvalue weighted by molar-refractivity contribution is -0.115. The Morgan fingerprint density at radius 2 is 2.37 bits per heavy atom. The molecule has 2 rings (SSSR count). The number of carbonyl (C=O) groups is 1. The Morgan fingerprint density at radius 1 is 1.58 bits per heavy atom. The molecule has 0 aliphatic carbocycles. The van der Waals surface area contributed by atoms with E-state index in [0.29, 0.717) is 5.69 Å². The molecule has 0 bridgehead atoms. The summed E-state index contributed by atoms with van der Waals surface area (Å²) in [6, 6.07) is 3.84. The summed E-state index contributed by atoms with van der Waals surface area (Å²) in [7, 11) is 0. The Morgan fingerprint density at radius 3 is 3.00 bits per heavy atom. The zero-order chi connectivity index (χ0) is 13.8. The maximum absolute atomic E-state index is 12.9. The first-order chi connectivity index (χ1) is 9.06. The lowest BCUT2D eigenvalue weighted by atomic mass is 10.2. The van der Waals surface area contributed by atoms with Gasteiger partial charge in [-0.3, -0.25) is 4.79 Å². The molecule has 0 fully saturated rings. The SMILES string of the molecule is CC(Sc1nncs1)C(=O)Nc1ccc(F)cc1N. The van der Waals surface area contributed by atoms with Gasteiger partial charge >= 0.3 is 0 Å². The maximum atomic E-state index is 12.9. The second kappa shape index (κ2) is 5.98. The molecule has 1 unspecified atom stereocenters. The third-order valence-corrected chi connectivity index (χ3v) is 4.17. The number of rotatable bonds is 4. The van der Waals surface area contributed by atoms with Crippen LogP contribution in [0.15, 0.2) is 28.0 Å². The van der Waals surface area contributed by atoms with Crippen LogP contribution in [0.1, 0.15) is 6.92 Å². The second-order valence-electron chi connectivity index (χ2n) is 3.69. The predicted molar refractivity (Wildman–Crippen MR) is 74.7 cm³/mol. The number of benzene rings is 1. The second-order valence-corrected chi connectivity index (χ2v) is 6.11. The molecule has 100 valence electrons. The molecule has 0 aliphatic rings.